The number of nitrogens with zero attached hydrogens (tertiary/aromatic N) is 2. The van der Waals surface area contributed by atoms with Crippen LogP contribution in [-0.2, 0) is 4.74 Å². The van der Waals surface area contributed by atoms with Crippen LogP contribution in [0.15, 0.2) is 4.99 Å². The van der Waals surface area contributed by atoms with E-state index in [1.807, 2.05) is 11.9 Å². The normalized spacial score (nSPS) is 12.4. The molecule has 0 aliphatic rings. The van der Waals surface area contributed by atoms with Crippen molar-refractivity contribution in [2.75, 3.05) is 27.4 Å². The molecule has 0 aromatic rings. The zero-order chi connectivity index (χ0) is 10.3. The molecule has 4 heteroatoms. The summed E-state index contributed by atoms with van der Waals surface area (Å²) in [5.41, 5.74) is 0. The van der Waals surface area contributed by atoms with Gasteiger partial charge in [0.1, 0.15) is 6.73 Å². The first-order chi connectivity index (χ1) is 5.95. The third-order valence-corrected chi connectivity index (χ3v) is 3.31. The van der Waals surface area contributed by atoms with E-state index in [-0.39, 0.29) is 0 Å². The largest absolute Gasteiger partial charge is 0.361 e. The van der Waals surface area contributed by atoms with Gasteiger partial charge in [-0.3, -0.25) is 4.99 Å². The highest BCUT2D eigenvalue weighted by molar-refractivity contribution is 6.76. The van der Waals surface area contributed by atoms with E-state index in [1.165, 1.54) is 6.04 Å². The number of hydrogen-bond donors (Lipinski definition) is 0. The zero-order valence-electron chi connectivity index (χ0n) is 9.50. The van der Waals surface area contributed by atoms with Gasteiger partial charge in [0.2, 0.25) is 0 Å². The molecule has 0 spiro atoms. The Bertz CT molecular complexity index is 154. The molecule has 0 bridgehead atoms. The second-order valence-electron chi connectivity index (χ2n) is 4.48. The van der Waals surface area contributed by atoms with Crippen molar-refractivity contribution >= 4 is 14.4 Å². The molecule has 0 radical (unpaired) electrons. The van der Waals surface area contributed by atoms with Crippen LogP contribution in [0, 0.1) is 0 Å². The molecule has 0 saturated carbocycles. The van der Waals surface area contributed by atoms with Crippen LogP contribution < -0.4 is 0 Å². The molecule has 0 atom stereocenters. The van der Waals surface area contributed by atoms with Crippen molar-refractivity contribution in [2.24, 2.45) is 4.99 Å². The Balaban J connectivity index is 3.36. The molecule has 0 saturated heterocycles. The Morgan fingerprint density at radius 3 is 2.46 bits per heavy atom. The first-order valence-corrected chi connectivity index (χ1v) is 8.37. The van der Waals surface area contributed by atoms with Gasteiger partial charge in [0, 0.05) is 28.8 Å². The monoisotopic (exact) mass is 202 g/mol. The highest BCUT2D eigenvalue weighted by Crippen LogP contribution is 2.07. The molecular weight excluding hydrogens is 180 g/mol. The van der Waals surface area contributed by atoms with E-state index in [0.717, 1.165) is 6.61 Å². The summed E-state index contributed by atoms with van der Waals surface area (Å²) in [6.07, 6.45) is 1.77. The van der Waals surface area contributed by atoms with Gasteiger partial charge in [-0.2, -0.15) is 0 Å². The third-order valence-electron chi connectivity index (χ3n) is 1.60. The molecule has 0 aliphatic heterocycles. The summed E-state index contributed by atoms with van der Waals surface area (Å²) in [7, 11) is 2.80. The minimum absolute atomic E-state index is 0.641. The van der Waals surface area contributed by atoms with Crippen LogP contribution in [0.25, 0.3) is 0 Å². The van der Waals surface area contributed by atoms with Crippen molar-refractivity contribution in [3.8, 4) is 0 Å². The van der Waals surface area contributed by atoms with Gasteiger partial charge in [-0.05, 0) is 6.04 Å². The number of ether oxygens (including phenoxy) is 1. The second kappa shape index (κ2) is 6.15. The molecule has 13 heavy (non-hydrogen) atoms. The maximum absolute atomic E-state index is 5.49. The molecule has 0 aromatic carbocycles. The van der Waals surface area contributed by atoms with Crippen molar-refractivity contribution < 1.29 is 4.74 Å². The number of hydrogen-bond acceptors (Lipinski definition) is 2. The van der Waals surface area contributed by atoms with E-state index in [9.17, 15) is 0 Å². The molecule has 0 unspecified atom stereocenters. The van der Waals surface area contributed by atoms with Crippen LogP contribution in [0.4, 0.5) is 0 Å². The first kappa shape index (κ1) is 12.6. The molecule has 3 nitrogen and oxygen atoms in total. The van der Waals surface area contributed by atoms with Crippen molar-refractivity contribution in [1.82, 2.24) is 4.90 Å². The van der Waals surface area contributed by atoms with Gasteiger partial charge in [-0.25, -0.2) is 0 Å². The lowest BCUT2D eigenvalue weighted by atomic mass is 10.8. The van der Waals surface area contributed by atoms with Crippen LogP contribution >= 0.6 is 0 Å². The molecule has 0 N–H and O–H groups in total. The number of rotatable bonds is 6. The lowest BCUT2D eigenvalue weighted by Crippen LogP contribution is -2.25. The standard InChI is InChI=1S/C9H22N2OSi/c1-10-8-11(2)9-12-6-7-13(3,4)5/h8H,6-7,9H2,1-5H3. The molecule has 0 aliphatic carbocycles. The van der Waals surface area contributed by atoms with E-state index in [4.69, 9.17) is 4.74 Å². The Labute approximate surface area is 82.8 Å². The van der Waals surface area contributed by atoms with E-state index < -0.39 is 8.07 Å². The summed E-state index contributed by atoms with van der Waals surface area (Å²) in [5.74, 6) is 0. The Kier molecular flexibility index (Phi) is 5.99. The average molecular weight is 202 g/mol. The zero-order valence-corrected chi connectivity index (χ0v) is 10.5. The summed E-state index contributed by atoms with van der Waals surface area (Å²) in [6, 6.07) is 1.23. The molecule has 0 amide bonds. The third kappa shape index (κ3) is 9.56. The van der Waals surface area contributed by atoms with E-state index in [1.54, 1.807) is 13.4 Å². The SMILES string of the molecule is CN=CN(C)COCC[Si](C)(C)C. The van der Waals surface area contributed by atoms with Crippen LogP contribution in [-0.4, -0.2) is 46.7 Å². The van der Waals surface area contributed by atoms with Crippen molar-refractivity contribution in [1.29, 1.82) is 0 Å². The molecule has 78 valence electrons. The van der Waals surface area contributed by atoms with E-state index >= 15 is 0 Å². The van der Waals surface area contributed by atoms with Gasteiger partial charge in [-0.1, -0.05) is 19.6 Å². The molecule has 0 rings (SSSR count). The number of aliphatic imine (C=N–C) groups is 1. The fraction of sp³-hybridized carbons (Fsp3) is 0.889. The van der Waals surface area contributed by atoms with E-state index in [0.29, 0.717) is 6.73 Å². The predicted molar refractivity (Wildman–Crippen MR) is 61.2 cm³/mol. The van der Waals surface area contributed by atoms with Crippen molar-refractivity contribution in [3.05, 3.63) is 0 Å². The minimum atomic E-state index is -0.925. The maximum atomic E-state index is 5.49. The summed E-state index contributed by atoms with van der Waals surface area (Å²) < 4.78 is 5.49. The Hall–Kier alpha value is -0.353. The van der Waals surface area contributed by atoms with E-state index in [2.05, 4.69) is 24.6 Å². The van der Waals surface area contributed by atoms with Crippen LogP contribution in [0.2, 0.25) is 25.7 Å². The van der Waals surface area contributed by atoms with Gasteiger partial charge in [0.05, 0.1) is 6.34 Å². The average Bonchev–Trinajstić information content (AvgIpc) is 1.97. The summed E-state index contributed by atoms with van der Waals surface area (Å²) in [6.45, 7) is 8.58. The van der Waals surface area contributed by atoms with Crippen LogP contribution in [0.3, 0.4) is 0 Å². The van der Waals surface area contributed by atoms with Gasteiger partial charge in [-0.15, -0.1) is 0 Å². The molecule has 0 heterocycles. The lowest BCUT2D eigenvalue weighted by molar-refractivity contribution is 0.0873. The van der Waals surface area contributed by atoms with Gasteiger partial charge in [0.25, 0.3) is 0 Å². The Morgan fingerprint density at radius 2 is 2.00 bits per heavy atom. The van der Waals surface area contributed by atoms with Crippen LogP contribution in [0.1, 0.15) is 0 Å². The topological polar surface area (TPSA) is 24.8 Å². The van der Waals surface area contributed by atoms with Gasteiger partial charge in [0.15, 0.2) is 0 Å². The van der Waals surface area contributed by atoms with Crippen molar-refractivity contribution in [2.45, 2.75) is 25.7 Å². The highest BCUT2D eigenvalue weighted by atomic mass is 28.3. The smallest absolute Gasteiger partial charge is 0.119 e. The highest BCUT2D eigenvalue weighted by Gasteiger charge is 2.11. The first-order valence-electron chi connectivity index (χ1n) is 4.66. The lowest BCUT2D eigenvalue weighted by Gasteiger charge is -2.17. The van der Waals surface area contributed by atoms with Crippen LogP contribution in [0.5, 0.6) is 0 Å². The van der Waals surface area contributed by atoms with Crippen molar-refractivity contribution in [3.63, 3.8) is 0 Å². The molecule has 0 fully saturated rings. The quantitative estimate of drug-likeness (QED) is 0.216. The summed E-state index contributed by atoms with van der Waals surface area (Å²) in [5, 5.41) is 0. The minimum Gasteiger partial charge on any atom is -0.361 e. The fourth-order valence-corrected chi connectivity index (χ4v) is 1.57. The molecular formula is C9H22N2OSi. The van der Waals surface area contributed by atoms with Gasteiger partial charge >= 0.3 is 0 Å². The summed E-state index contributed by atoms with van der Waals surface area (Å²) in [4.78, 5) is 5.83. The second-order valence-corrected chi connectivity index (χ2v) is 10.1. The molecule has 0 aromatic heterocycles. The maximum Gasteiger partial charge on any atom is 0.119 e. The predicted octanol–water partition coefficient (Wildman–Crippen LogP) is 1.89. The fourth-order valence-electron chi connectivity index (χ4n) is 0.817. The van der Waals surface area contributed by atoms with Gasteiger partial charge < -0.3 is 9.64 Å². The Morgan fingerprint density at radius 1 is 1.38 bits per heavy atom. The summed E-state index contributed by atoms with van der Waals surface area (Å²) >= 11 is 0.